The van der Waals surface area contributed by atoms with Crippen molar-refractivity contribution in [3.05, 3.63) is 52.2 Å². The third-order valence-corrected chi connectivity index (χ3v) is 4.92. The van der Waals surface area contributed by atoms with Gasteiger partial charge in [-0.1, -0.05) is 18.2 Å². The lowest BCUT2D eigenvalue weighted by Gasteiger charge is -2.24. The molecule has 0 bridgehead atoms. The van der Waals surface area contributed by atoms with Crippen molar-refractivity contribution < 1.29 is 14.3 Å². The van der Waals surface area contributed by atoms with Gasteiger partial charge < -0.3 is 15.4 Å². The van der Waals surface area contributed by atoms with Crippen LogP contribution in [0, 0.1) is 0 Å². The minimum Gasteiger partial charge on any atom is -0.483 e. The van der Waals surface area contributed by atoms with Crippen molar-refractivity contribution in [3.63, 3.8) is 0 Å². The topological polar surface area (TPSA) is 72.6 Å². The summed E-state index contributed by atoms with van der Waals surface area (Å²) in [6.07, 6.45) is 1.97. The number of nitrogens with two attached hydrogens (primary N) is 1. The maximum absolute atomic E-state index is 12.5. The number of hydrogen-bond acceptors (Lipinski definition) is 4. The van der Waals surface area contributed by atoms with Crippen LogP contribution in [0.2, 0.25) is 0 Å². The minimum absolute atomic E-state index is 0.0693. The molecule has 0 radical (unpaired) electrons. The molecule has 5 nitrogen and oxygen atoms in total. The molecule has 0 unspecified atom stereocenters. The number of para-hydroxylation sites is 1. The van der Waals surface area contributed by atoms with Gasteiger partial charge in [-0.25, -0.2) is 0 Å². The molecule has 0 spiro atoms. The molecular weight excluding hydrogens is 312 g/mol. The normalized spacial score (nSPS) is 17.2. The molecule has 2 aromatic rings. The van der Waals surface area contributed by atoms with Crippen LogP contribution in [0.3, 0.4) is 0 Å². The third-order valence-electron chi connectivity index (χ3n) is 3.95. The molecule has 1 aromatic carbocycles. The molecule has 23 heavy (non-hydrogen) atoms. The van der Waals surface area contributed by atoms with Crippen molar-refractivity contribution in [2.75, 3.05) is 13.2 Å². The molecule has 2 heterocycles. The Morgan fingerprint density at radius 2 is 2.09 bits per heavy atom. The number of rotatable bonds is 5. The van der Waals surface area contributed by atoms with E-state index in [9.17, 15) is 9.59 Å². The molecule has 1 saturated heterocycles. The summed E-state index contributed by atoms with van der Waals surface area (Å²) in [5.41, 5.74) is 5.60. The van der Waals surface area contributed by atoms with E-state index >= 15 is 0 Å². The zero-order chi connectivity index (χ0) is 16.2. The van der Waals surface area contributed by atoms with E-state index in [1.807, 2.05) is 16.3 Å². The Morgan fingerprint density at radius 3 is 2.83 bits per heavy atom. The number of likely N-dealkylation sites (tertiary alicyclic amines) is 1. The maximum Gasteiger partial charge on any atom is 0.261 e. The first kappa shape index (κ1) is 15.6. The minimum atomic E-state index is -0.564. The van der Waals surface area contributed by atoms with Gasteiger partial charge in [0.2, 0.25) is 0 Å². The third kappa shape index (κ3) is 3.37. The number of carbonyl (C=O) groups excluding carboxylic acids is 2. The largest absolute Gasteiger partial charge is 0.483 e. The second-order valence-electron chi connectivity index (χ2n) is 5.41. The maximum atomic E-state index is 12.5. The van der Waals surface area contributed by atoms with Crippen LogP contribution in [0.25, 0.3) is 0 Å². The van der Waals surface area contributed by atoms with E-state index < -0.39 is 5.91 Å². The van der Waals surface area contributed by atoms with E-state index in [0.717, 1.165) is 19.4 Å². The lowest BCUT2D eigenvalue weighted by Crippen LogP contribution is -2.34. The molecule has 2 amide bonds. The Bertz CT molecular complexity index is 700. The smallest absolute Gasteiger partial charge is 0.261 e. The molecule has 0 aliphatic carbocycles. The zero-order valence-electron chi connectivity index (χ0n) is 12.6. The van der Waals surface area contributed by atoms with Crippen molar-refractivity contribution in [2.45, 2.75) is 18.9 Å². The number of benzene rings is 1. The molecule has 6 heteroatoms. The van der Waals surface area contributed by atoms with E-state index in [1.165, 1.54) is 4.88 Å². The molecule has 120 valence electrons. The lowest BCUT2D eigenvalue weighted by molar-refractivity contribution is -0.134. The van der Waals surface area contributed by atoms with Gasteiger partial charge in [-0.3, -0.25) is 9.59 Å². The van der Waals surface area contributed by atoms with Gasteiger partial charge in [0, 0.05) is 11.4 Å². The quantitative estimate of drug-likeness (QED) is 0.916. The predicted octanol–water partition coefficient (Wildman–Crippen LogP) is 2.59. The molecule has 2 N–H and O–H groups in total. The molecule has 3 rings (SSSR count). The molecule has 1 aliphatic rings. The van der Waals surface area contributed by atoms with E-state index in [4.69, 9.17) is 10.5 Å². The summed E-state index contributed by atoms with van der Waals surface area (Å²) in [6.45, 7) is 0.647. The molecule has 1 atom stereocenters. The first-order chi connectivity index (χ1) is 11.2. The first-order valence-electron chi connectivity index (χ1n) is 7.51. The van der Waals surface area contributed by atoms with E-state index in [2.05, 4.69) is 6.07 Å². The monoisotopic (exact) mass is 330 g/mol. The standard InChI is InChI=1S/C17H18N2O3S/c18-17(21)12-5-1-2-7-14(12)22-11-16(20)19-9-3-6-13(19)15-8-4-10-23-15/h1-2,4-5,7-8,10,13H,3,6,9,11H2,(H2,18,21)/t13-/m0/s1. The highest BCUT2D eigenvalue weighted by atomic mass is 32.1. The van der Waals surface area contributed by atoms with Crippen LogP contribution < -0.4 is 10.5 Å². The summed E-state index contributed by atoms with van der Waals surface area (Å²) in [4.78, 5) is 26.9. The van der Waals surface area contributed by atoms with Crippen LogP contribution in [0.4, 0.5) is 0 Å². The molecule has 0 saturated carbocycles. The SMILES string of the molecule is NC(=O)c1ccccc1OCC(=O)N1CCC[C@H]1c1cccs1. The highest BCUT2D eigenvalue weighted by molar-refractivity contribution is 7.10. The Hall–Kier alpha value is -2.34. The van der Waals surface area contributed by atoms with Gasteiger partial charge in [0.15, 0.2) is 6.61 Å². The Balaban J connectivity index is 1.67. The molecule has 1 aliphatic heterocycles. The average Bonchev–Trinajstić information content (AvgIpc) is 3.23. The Morgan fingerprint density at radius 1 is 1.26 bits per heavy atom. The number of hydrogen-bond donors (Lipinski definition) is 1. The van der Waals surface area contributed by atoms with Crippen molar-refractivity contribution in [3.8, 4) is 5.75 Å². The fourth-order valence-corrected chi connectivity index (χ4v) is 3.73. The van der Waals surface area contributed by atoms with Crippen LogP contribution in [-0.2, 0) is 4.79 Å². The van der Waals surface area contributed by atoms with Crippen LogP contribution in [0.5, 0.6) is 5.75 Å². The predicted molar refractivity (Wildman–Crippen MR) is 88.5 cm³/mol. The van der Waals surface area contributed by atoms with Crippen LogP contribution in [0.1, 0.15) is 34.1 Å². The molecular formula is C17H18N2O3S. The highest BCUT2D eigenvalue weighted by Crippen LogP contribution is 2.34. The number of amides is 2. The average molecular weight is 330 g/mol. The van der Waals surface area contributed by atoms with Gasteiger partial charge in [0.1, 0.15) is 5.75 Å². The van der Waals surface area contributed by atoms with E-state index in [-0.39, 0.29) is 24.1 Å². The van der Waals surface area contributed by atoms with Gasteiger partial charge >= 0.3 is 0 Å². The second kappa shape index (κ2) is 6.83. The summed E-state index contributed by atoms with van der Waals surface area (Å²) >= 11 is 1.67. The molecule has 1 fully saturated rings. The van der Waals surface area contributed by atoms with Crippen molar-refractivity contribution >= 4 is 23.2 Å². The summed E-state index contributed by atoms with van der Waals surface area (Å²) in [6, 6.07) is 10.9. The summed E-state index contributed by atoms with van der Waals surface area (Å²) in [5, 5.41) is 2.02. The van der Waals surface area contributed by atoms with Gasteiger partial charge in [-0.15, -0.1) is 11.3 Å². The number of ether oxygens (including phenoxy) is 1. The number of primary amides is 1. The summed E-state index contributed by atoms with van der Waals surface area (Å²) in [5.74, 6) is -0.286. The second-order valence-corrected chi connectivity index (χ2v) is 6.39. The number of thiophene rings is 1. The van der Waals surface area contributed by atoms with Gasteiger partial charge in [-0.2, -0.15) is 0 Å². The lowest BCUT2D eigenvalue weighted by atomic mass is 10.2. The number of nitrogens with zero attached hydrogens (tertiary/aromatic N) is 1. The van der Waals surface area contributed by atoms with E-state index in [1.54, 1.807) is 35.6 Å². The van der Waals surface area contributed by atoms with Crippen LogP contribution >= 0.6 is 11.3 Å². The summed E-state index contributed by atoms with van der Waals surface area (Å²) in [7, 11) is 0. The first-order valence-corrected chi connectivity index (χ1v) is 8.39. The zero-order valence-corrected chi connectivity index (χ0v) is 13.4. The fraction of sp³-hybridized carbons (Fsp3) is 0.294. The Kier molecular flexibility index (Phi) is 4.62. The van der Waals surface area contributed by atoms with Crippen molar-refractivity contribution in [1.82, 2.24) is 4.90 Å². The van der Waals surface area contributed by atoms with Gasteiger partial charge in [0.05, 0.1) is 11.6 Å². The molecule has 1 aromatic heterocycles. The Labute approximate surface area is 138 Å². The number of carbonyl (C=O) groups is 2. The highest BCUT2D eigenvalue weighted by Gasteiger charge is 2.30. The van der Waals surface area contributed by atoms with Crippen LogP contribution in [0.15, 0.2) is 41.8 Å². The van der Waals surface area contributed by atoms with Crippen LogP contribution in [-0.4, -0.2) is 29.9 Å². The van der Waals surface area contributed by atoms with E-state index in [0.29, 0.717) is 5.75 Å². The van der Waals surface area contributed by atoms with Crippen molar-refractivity contribution in [1.29, 1.82) is 0 Å². The van der Waals surface area contributed by atoms with Gasteiger partial charge in [-0.05, 0) is 36.4 Å². The van der Waals surface area contributed by atoms with Crippen molar-refractivity contribution in [2.24, 2.45) is 5.73 Å². The van der Waals surface area contributed by atoms with Gasteiger partial charge in [0.25, 0.3) is 11.8 Å². The summed E-state index contributed by atoms with van der Waals surface area (Å²) < 4.78 is 5.55. The fourth-order valence-electron chi connectivity index (χ4n) is 2.86.